The molecule has 11 aromatic carbocycles. The van der Waals surface area contributed by atoms with Gasteiger partial charge in [-0.25, -0.2) is 0 Å². The van der Waals surface area contributed by atoms with Crippen LogP contribution < -0.4 is 9.80 Å². The van der Waals surface area contributed by atoms with Gasteiger partial charge in [0.25, 0.3) is 0 Å². The van der Waals surface area contributed by atoms with Gasteiger partial charge in [-0.2, -0.15) is 0 Å². The molecule has 0 atom stereocenters. The molecule has 0 saturated heterocycles. The molecular weight excluding hydrogens is 945 g/mol. The van der Waals surface area contributed by atoms with Crippen molar-refractivity contribution in [3.63, 3.8) is 0 Å². The molecule has 0 N–H and O–H groups in total. The number of rotatable bonds is 8. The van der Waals surface area contributed by atoms with Crippen LogP contribution in [-0.2, 0) is 10.8 Å². The van der Waals surface area contributed by atoms with Gasteiger partial charge >= 0.3 is 0 Å². The van der Waals surface area contributed by atoms with Crippen LogP contribution in [0.3, 0.4) is 0 Å². The van der Waals surface area contributed by atoms with Gasteiger partial charge in [0.05, 0.1) is 69.6 Å². The molecule has 0 amide bonds. The monoisotopic (exact) mass is 1010 g/mol. The molecule has 0 aliphatic heterocycles. The van der Waals surface area contributed by atoms with Crippen molar-refractivity contribution in [3.8, 4) is 22.3 Å². The summed E-state index contributed by atoms with van der Waals surface area (Å²) in [7, 11) is 0. The van der Waals surface area contributed by atoms with Crippen molar-refractivity contribution in [3.05, 3.63) is 254 Å². The van der Waals surface area contributed by atoms with E-state index in [0.29, 0.717) is 22.7 Å². The molecule has 0 aliphatic carbocycles. The summed E-state index contributed by atoms with van der Waals surface area (Å²) in [5, 5.41) is 7.52. The third kappa shape index (κ3) is 6.85. The van der Waals surface area contributed by atoms with Crippen LogP contribution >= 0.6 is 0 Å². The standard InChI is InChI=1S/C74H58N4/c1-73(2,3)49-35-39-63-59(43-49)69-65(75(51-27-15-9-16-28-51)61-33-21-19-31-53(61)47-23-11-7-12-24-47)41-37-55-57-46-68-58(45-67(57)77(63)71(55)69)56-38-42-66(70-60-44-50(74(4,5)6)36-40-64(60)78(68)72(56)70)76(52-29-17-10-18-30-52)62-34-22-20-32-54(62)48-25-13-8-14-26-48/h7-46H,1-6H3/i9D,10D,15D,16D,17D,18D,27D,28D,29D,30D. The molecular formula is C74H58N4. The average Bonchev–Trinajstić information content (AvgIpc) is 1.51. The van der Waals surface area contributed by atoms with E-state index in [4.69, 9.17) is 8.22 Å². The van der Waals surface area contributed by atoms with Gasteiger partial charge in [0, 0.05) is 65.6 Å². The largest absolute Gasteiger partial charge is 0.309 e. The number of aromatic nitrogens is 2. The van der Waals surface area contributed by atoms with Crippen molar-refractivity contribution in [1.29, 1.82) is 0 Å². The Kier molecular flexibility index (Phi) is 8.00. The second-order valence-corrected chi connectivity index (χ2v) is 22.6. The Labute approximate surface area is 469 Å². The molecule has 4 nitrogen and oxygen atoms in total. The minimum Gasteiger partial charge on any atom is -0.309 e. The van der Waals surface area contributed by atoms with Crippen LogP contribution in [0.5, 0.6) is 0 Å². The van der Waals surface area contributed by atoms with Crippen LogP contribution in [0, 0.1) is 0 Å². The van der Waals surface area contributed by atoms with Gasteiger partial charge in [0.1, 0.15) is 0 Å². The number of benzene rings is 11. The predicted octanol–water partition coefficient (Wildman–Crippen LogP) is 20.9. The molecule has 0 aliphatic rings. The molecule has 78 heavy (non-hydrogen) atoms. The summed E-state index contributed by atoms with van der Waals surface area (Å²) in [4.78, 5) is 3.76. The van der Waals surface area contributed by atoms with Crippen molar-refractivity contribution < 1.29 is 13.7 Å². The zero-order chi connectivity index (χ0) is 61.3. The minimum atomic E-state index is -0.469. The molecule has 374 valence electrons. The Balaban J connectivity index is 1.08. The Morgan fingerprint density at radius 2 is 0.718 bits per heavy atom. The molecule has 0 spiro atoms. The van der Waals surface area contributed by atoms with Crippen LogP contribution in [-0.4, -0.2) is 8.80 Å². The van der Waals surface area contributed by atoms with E-state index in [2.05, 4.69) is 123 Å². The summed E-state index contributed by atoms with van der Waals surface area (Å²) in [6, 6.07) is 57.9. The summed E-state index contributed by atoms with van der Waals surface area (Å²) < 4.78 is 96.7. The molecule has 4 heterocycles. The fourth-order valence-corrected chi connectivity index (χ4v) is 12.4. The van der Waals surface area contributed by atoms with Crippen LogP contribution in [0.15, 0.2) is 242 Å². The predicted molar refractivity (Wildman–Crippen MR) is 333 cm³/mol. The number of para-hydroxylation sites is 4. The van der Waals surface area contributed by atoms with E-state index in [-0.39, 0.29) is 46.4 Å². The number of nitrogens with zero attached hydrogens (tertiary/aromatic N) is 4. The highest BCUT2D eigenvalue weighted by Crippen LogP contribution is 2.53. The molecule has 15 rings (SSSR count). The maximum absolute atomic E-state index is 9.61. The van der Waals surface area contributed by atoms with Crippen LogP contribution in [0.1, 0.15) is 66.4 Å². The zero-order valence-corrected chi connectivity index (χ0v) is 44.1. The van der Waals surface area contributed by atoms with E-state index >= 15 is 0 Å². The van der Waals surface area contributed by atoms with Gasteiger partial charge in [-0.1, -0.05) is 199 Å². The Morgan fingerprint density at radius 1 is 0.333 bits per heavy atom. The zero-order valence-electron chi connectivity index (χ0n) is 54.1. The molecule has 0 radical (unpaired) electrons. The first-order valence-electron chi connectivity index (χ1n) is 31.6. The number of hydrogen-bond donors (Lipinski definition) is 0. The van der Waals surface area contributed by atoms with E-state index in [1.165, 1.54) is 0 Å². The summed E-state index contributed by atoms with van der Waals surface area (Å²) in [5.74, 6) is 0. The highest BCUT2D eigenvalue weighted by Gasteiger charge is 2.30. The molecule has 4 heteroatoms. The lowest BCUT2D eigenvalue weighted by Crippen LogP contribution is -2.12. The van der Waals surface area contributed by atoms with Crippen LogP contribution in [0.25, 0.3) is 98.4 Å². The first-order valence-corrected chi connectivity index (χ1v) is 26.6. The molecule has 0 unspecified atom stereocenters. The third-order valence-electron chi connectivity index (χ3n) is 16.0. The Hall–Kier alpha value is -9.38. The second kappa shape index (κ2) is 17.1. The third-order valence-corrected chi connectivity index (χ3v) is 16.0. The molecule has 15 aromatic rings. The molecule has 0 saturated carbocycles. The summed E-state index contributed by atoms with van der Waals surface area (Å²) in [6.07, 6.45) is 0. The SMILES string of the molecule is [2H]c1c([2H])c([2H])c(N(c2ccccc2-c2ccccc2)c2ccc3c4cc5c(cc4n4c6ccc(C(C)(C)C)cc6c2c34)c2ccc(N(c3ccccc3-c3ccccc3)c3c([2H])c([2H])c([2H])c([2H])c3[2H])c3c4cc(C(C)(C)C)ccc4n5c23)c([2H])c1[2H]. The van der Waals surface area contributed by atoms with Gasteiger partial charge in [0.2, 0.25) is 0 Å². The summed E-state index contributed by atoms with van der Waals surface area (Å²) in [5.41, 5.74) is 13.5. The van der Waals surface area contributed by atoms with Crippen molar-refractivity contribution in [1.82, 2.24) is 8.80 Å². The van der Waals surface area contributed by atoms with Gasteiger partial charge in [-0.05, 0) is 118 Å². The quantitative estimate of drug-likeness (QED) is 0.151. The first-order chi connectivity index (χ1) is 42.1. The van der Waals surface area contributed by atoms with Gasteiger partial charge in [-0.15, -0.1) is 0 Å². The normalized spacial score (nSPS) is 14.3. The highest BCUT2D eigenvalue weighted by atomic mass is 15.2. The van der Waals surface area contributed by atoms with E-state index in [0.717, 1.165) is 110 Å². The molecule has 0 bridgehead atoms. The Morgan fingerprint density at radius 3 is 1.12 bits per heavy atom. The highest BCUT2D eigenvalue weighted by molar-refractivity contribution is 6.32. The van der Waals surface area contributed by atoms with Crippen molar-refractivity contribution in [2.45, 2.75) is 52.4 Å². The van der Waals surface area contributed by atoms with Crippen LogP contribution in [0.4, 0.5) is 34.1 Å². The smallest absolute Gasteiger partial charge is 0.0645 e. The van der Waals surface area contributed by atoms with Gasteiger partial charge < -0.3 is 18.6 Å². The summed E-state index contributed by atoms with van der Waals surface area (Å²) in [6.45, 7) is 13.2. The van der Waals surface area contributed by atoms with E-state index in [1.807, 2.05) is 119 Å². The fourth-order valence-electron chi connectivity index (χ4n) is 12.4. The maximum atomic E-state index is 9.61. The summed E-state index contributed by atoms with van der Waals surface area (Å²) >= 11 is 0. The average molecular weight is 1010 g/mol. The van der Waals surface area contributed by atoms with Crippen molar-refractivity contribution in [2.75, 3.05) is 9.80 Å². The number of fused-ring (bicyclic) bond motifs is 12. The topological polar surface area (TPSA) is 15.3 Å². The van der Waals surface area contributed by atoms with E-state index in [1.54, 1.807) is 0 Å². The molecule has 4 aromatic heterocycles. The lowest BCUT2D eigenvalue weighted by molar-refractivity contribution is 0.591. The number of hydrogen-bond acceptors (Lipinski definition) is 2. The maximum Gasteiger partial charge on any atom is 0.0645 e. The number of anilines is 6. The van der Waals surface area contributed by atoms with Crippen molar-refractivity contribution >= 4 is 110 Å². The lowest BCUT2D eigenvalue weighted by atomic mass is 9.86. The fraction of sp³-hybridized carbons (Fsp3) is 0.108. The second-order valence-electron chi connectivity index (χ2n) is 22.6. The van der Waals surface area contributed by atoms with Crippen molar-refractivity contribution in [2.24, 2.45) is 0 Å². The first kappa shape index (κ1) is 36.6. The van der Waals surface area contributed by atoms with E-state index < -0.39 is 36.3 Å². The molecule has 0 fully saturated rings. The van der Waals surface area contributed by atoms with Gasteiger partial charge in [0.15, 0.2) is 0 Å². The van der Waals surface area contributed by atoms with Gasteiger partial charge in [-0.3, -0.25) is 0 Å². The lowest BCUT2D eigenvalue weighted by Gasteiger charge is -2.29. The van der Waals surface area contributed by atoms with Crippen LogP contribution in [0.2, 0.25) is 0 Å². The Bertz CT molecular complexity index is 5030. The minimum absolute atomic E-state index is 0.0369. The van der Waals surface area contributed by atoms with E-state index in [9.17, 15) is 5.48 Å².